The minimum absolute atomic E-state index is 0.0466. The molecule has 1 unspecified atom stereocenters. The molecule has 1 aliphatic heterocycles. The maximum Gasteiger partial charge on any atom is 0.317 e. The van der Waals surface area contributed by atoms with Gasteiger partial charge in [0.25, 0.3) is 5.91 Å². The van der Waals surface area contributed by atoms with Crippen LogP contribution in [-0.2, 0) is 16.1 Å². The van der Waals surface area contributed by atoms with Crippen LogP contribution in [0, 0.1) is 0 Å². The number of nitrogens with zero attached hydrogens (tertiary/aromatic N) is 2. The van der Waals surface area contributed by atoms with Crippen molar-refractivity contribution in [3.63, 3.8) is 0 Å². The van der Waals surface area contributed by atoms with Gasteiger partial charge in [0, 0.05) is 25.2 Å². The third-order valence-electron chi connectivity index (χ3n) is 4.70. The summed E-state index contributed by atoms with van der Waals surface area (Å²) in [6.07, 6.45) is -0.199. The van der Waals surface area contributed by atoms with E-state index in [1.54, 1.807) is 16.8 Å². The minimum Gasteiger partial charge on any atom is -0.489 e. The molecular formula is C22H26N2O5. The molecule has 1 saturated heterocycles. The largest absolute Gasteiger partial charge is 0.489 e. The number of hydrogen-bond donors (Lipinski definition) is 1. The minimum atomic E-state index is -0.882. The topological polar surface area (TPSA) is 79.3 Å². The third-order valence-corrected chi connectivity index (χ3v) is 4.70. The molecular weight excluding hydrogens is 372 g/mol. The number of carboxylic acid groups (broad SMARTS) is 1. The van der Waals surface area contributed by atoms with Crippen molar-refractivity contribution >= 4 is 11.9 Å². The molecule has 1 amide bonds. The Labute approximate surface area is 170 Å². The molecule has 0 aliphatic carbocycles. The lowest BCUT2D eigenvalue weighted by atomic mass is 10.1. The fraction of sp³-hybridized carbons (Fsp3) is 0.364. The van der Waals surface area contributed by atoms with Crippen LogP contribution >= 0.6 is 0 Å². The molecule has 7 nitrogen and oxygen atoms in total. The van der Waals surface area contributed by atoms with Gasteiger partial charge in [0.2, 0.25) is 0 Å². The number of para-hydroxylation sites is 1. The van der Waals surface area contributed by atoms with Crippen LogP contribution < -0.4 is 4.74 Å². The van der Waals surface area contributed by atoms with Crippen molar-refractivity contribution in [2.24, 2.45) is 0 Å². The first-order chi connectivity index (χ1) is 14.0. The normalized spacial score (nSPS) is 16.6. The fourth-order valence-corrected chi connectivity index (χ4v) is 3.27. The van der Waals surface area contributed by atoms with E-state index >= 15 is 0 Å². The summed E-state index contributed by atoms with van der Waals surface area (Å²) in [5.41, 5.74) is 1.61. The number of carbonyl (C=O) groups is 2. The first kappa shape index (κ1) is 20.8. The molecule has 2 aromatic carbocycles. The average Bonchev–Trinajstić information content (AvgIpc) is 2.72. The number of ether oxygens (including phenoxy) is 2. The van der Waals surface area contributed by atoms with Crippen LogP contribution in [0.25, 0.3) is 0 Å². The number of rotatable bonds is 8. The summed E-state index contributed by atoms with van der Waals surface area (Å²) in [6.45, 7) is 2.26. The number of likely N-dealkylation sites (N-methyl/N-ethyl adjacent to an activating group) is 1. The van der Waals surface area contributed by atoms with Crippen LogP contribution in [0.3, 0.4) is 0 Å². The molecule has 0 radical (unpaired) electrons. The predicted octanol–water partition coefficient (Wildman–Crippen LogP) is 2.12. The quantitative estimate of drug-likeness (QED) is 0.734. The zero-order valence-electron chi connectivity index (χ0n) is 16.5. The molecule has 1 N–H and O–H groups in total. The van der Waals surface area contributed by atoms with Gasteiger partial charge in [0.1, 0.15) is 12.4 Å². The predicted molar refractivity (Wildman–Crippen MR) is 108 cm³/mol. The first-order valence-electron chi connectivity index (χ1n) is 9.59. The van der Waals surface area contributed by atoms with Gasteiger partial charge in [0.05, 0.1) is 19.3 Å². The van der Waals surface area contributed by atoms with Crippen molar-refractivity contribution in [1.29, 1.82) is 0 Å². The molecule has 3 rings (SSSR count). The van der Waals surface area contributed by atoms with E-state index in [2.05, 4.69) is 0 Å². The average molecular weight is 398 g/mol. The summed E-state index contributed by atoms with van der Waals surface area (Å²) in [6, 6.07) is 17.0. The van der Waals surface area contributed by atoms with Crippen LogP contribution in [0.5, 0.6) is 5.75 Å². The zero-order chi connectivity index (χ0) is 20.6. The van der Waals surface area contributed by atoms with E-state index in [1.807, 2.05) is 54.6 Å². The molecule has 154 valence electrons. The molecule has 0 saturated carbocycles. The number of hydrogen-bond acceptors (Lipinski definition) is 5. The summed E-state index contributed by atoms with van der Waals surface area (Å²) in [5.74, 6) is -0.123. The van der Waals surface area contributed by atoms with Crippen LogP contribution in [0.4, 0.5) is 0 Å². The molecule has 1 fully saturated rings. The van der Waals surface area contributed by atoms with E-state index in [4.69, 9.17) is 14.6 Å². The Hall–Kier alpha value is -2.90. The molecule has 2 aromatic rings. The molecule has 1 aliphatic rings. The van der Waals surface area contributed by atoms with E-state index in [1.165, 1.54) is 0 Å². The van der Waals surface area contributed by atoms with Crippen molar-refractivity contribution in [2.75, 3.05) is 39.8 Å². The van der Waals surface area contributed by atoms with Gasteiger partial charge in [-0.2, -0.15) is 0 Å². The van der Waals surface area contributed by atoms with Gasteiger partial charge >= 0.3 is 5.97 Å². The monoisotopic (exact) mass is 398 g/mol. The smallest absolute Gasteiger partial charge is 0.317 e. The van der Waals surface area contributed by atoms with Gasteiger partial charge in [-0.15, -0.1) is 0 Å². The van der Waals surface area contributed by atoms with Crippen molar-refractivity contribution < 1.29 is 24.2 Å². The Morgan fingerprint density at radius 1 is 1.17 bits per heavy atom. The molecule has 1 atom stereocenters. The maximum absolute atomic E-state index is 12.8. The van der Waals surface area contributed by atoms with E-state index in [0.29, 0.717) is 38.4 Å². The van der Waals surface area contributed by atoms with Crippen LogP contribution in [-0.4, -0.2) is 72.7 Å². The Bertz CT molecular complexity index is 810. The second kappa shape index (κ2) is 10.0. The van der Waals surface area contributed by atoms with Crippen molar-refractivity contribution in [2.45, 2.75) is 12.7 Å². The van der Waals surface area contributed by atoms with Crippen molar-refractivity contribution in [3.8, 4) is 5.75 Å². The summed E-state index contributed by atoms with van der Waals surface area (Å²) in [4.78, 5) is 27.1. The molecule has 29 heavy (non-hydrogen) atoms. The Kier molecular flexibility index (Phi) is 7.21. The summed E-state index contributed by atoms with van der Waals surface area (Å²) >= 11 is 0. The fourth-order valence-electron chi connectivity index (χ4n) is 3.27. The second-order valence-corrected chi connectivity index (χ2v) is 7.13. The highest BCUT2D eigenvalue weighted by molar-refractivity contribution is 5.94. The highest BCUT2D eigenvalue weighted by Crippen LogP contribution is 2.15. The number of benzene rings is 2. The van der Waals surface area contributed by atoms with Gasteiger partial charge in [-0.25, -0.2) is 0 Å². The SMILES string of the molecule is CN(CC(=O)O)CC1CN(C(=O)c2ccc(COc3ccccc3)cc2)CCO1. The number of amides is 1. The number of aliphatic carboxylic acids is 1. The lowest BCUT2D eigenvalue weighted by molar-refractivity contribution is -0.138. The molecule has 0 aromatic heterocycles. The van der Waals surface area contributed by atoms with Gasteiger partial charge in [0.15, 0.2) is 0 Å². The molecule has 7 heteroatoms. The van der Waals surface area contributed by atoms with Crippen molar-refractivity contribution in [3.05, 3.63) is 65.7 Å². The van der Waals surface area contributed by atoms with Gasteiger partial charge in [-0.1, -0.05) is 30.3 Å². The van der Waals surface area contributed by atoms with Crippen LogP contribution in [0.1, 0.15) is 15.9 Å². The molecule has 0 spiro atoms. The standard InChI is InChI=1S/C22H26N2O5/c1-23(15-21(25)26)13-20-14-24(11-12-28-20)22(27)18-9-7-17(8-10-18)16-29-19-5-3-2-4-6-19/h2-10,20H,11-16H2,1H3,(H,25,26). The lowest BCUT2D eigenvalue weighted by Crippen LogP contribution is -2.49. The molecule has 1 heterocycles. The summed E-state index contributed by atoms with van der Waals surface area (Å²) in [7, 11) is 1.73. The van der Waals surface area contributed by atoms with Crippen LogP contribution in [0.2, 0.25) is 0 Å². The second-order valence-electron chi connectivity index (χ2n) is 7.13. The van der Waals surface area contributed by atoms with Gasteiger partial charge in [-0.05, 0) is 36.9 Å². The summed E-state index contributed by atoms with van der Waals surface area (Å²) < 4.78 is 11.4. The highest BCUT2D eigenvalue weighted by Gasteiger charge is 2.26. The zero-order valence-corrected chi connectivity index (χ0v) is 16.5. The van der Waals surface area contributed by atoms with E-state index in [-0.39, 0.29) is 18.6 Å². The Morgan fingerprint density at radius 3 is 2.59 bits per heavy atom. The first-order valence-corrected chi connectivity index (χ1v) is 9.59. The van der Waals surface area contributed by atoms with E-state index in [9.17, 15) is 9.59 Å². The summed E-state index contributed by atoms with van der Waals surface area (Å²) in [5, 5.41) is 8.87. The Balaban J connectivity index is 1.53. The van der Waals surface area contributed by atoms with E-state index in [0.717, 1.165) is 11.3 Å². The number of morpholine rings is 1. The number of carbonyl (C=O) groups excluding carboxylic acids is 1. The van der Waals surface area contributed by atoms with E-state index < -0.39 is 5.97 Å². The molecule has 0 bridgehead atoms. The maximum atomic E-state index is 12.8. The highest BCUT2D eigenvalue weighted by atomic mass is 16.5. The third kappa shape index (κ3) is 6.30. The lowest BCUT2D eigenvalue weighted by Gasteiger charge is -2.34. The Morgan fingerprint density at radius 2 is 1.90 bits per heavy atom. The number of carboxylic acids is 1. The van der Waals surface area contributed by atoms with Crippen molar-refractivity contribution in [1.82, 2.24) is 9.80 Å². The van der Waals surface area contributed by atoms with Crippen LogP contribution in [0.15, 0.2) is 54.6 Å². The van der Waals surface area contributed by atoms with Gasteiger partial charge < -0.3 is 19.5 Å². The van der Waals surface area contributed by atoms with Gasteiger partial charge in [-0.3, -0.25) is 14.5 Å².